The summed E-state index contributed by atoms with van der Waals surface area (Å²) in [7, 11) is 1.83. The second-order valence-corrected chi connectivity index (χ2v) is 5.08. The average Bonchev–Trinajstić information content (AvgIpc) is 2.76. The van der Waals surface area contributed by atoms with Gasteiger partial charge in [0.1, 0.15) is 0 Å². The first-order chi connectivity index (χ1) is 9.90. The molecule has 1 unspecified atom stereocenters. The summed E-state index contributed by atoms with van der Waals surface area (Å²) < 4.78 is 1.82. The minimum atomic E-state index is -1.08. The number of nitrogens with zero attached hydrogens (tertiary/aromatic N) is 1. The van der Waals surface area contributed by atoms with Crippen molar-refractivity contribution < 1.29 is 14.7 Å². The number of nitrogens with one attached hydrogen (secondary N) is 1. The Kier molecular flexibility index (Phi) is 4.12. The molecule has 21 heavy (non-hydrogen) atoms. The molecule has 0 saturated carbocycles. The molecule has 0 bridgehead atoms. The van der Waals surface area contributed by atoms with Gasteiger partial charge in [-0.2, -0.15) is 0 Å². The van der Waals surface area contributed by atoms with Gasteiger partial charge in [-0.25, -0.2) is 4.79 Å². The van der Waals surface area contributed by atoms with Gasteiger partial charge in [-0.3, -0.25) is 4.79 Å². The first-order valence-electron chi connectivity index (χ1n) is 6.62. The van der Waals surface area contributed by atoms with Crippen LogP contribution in [0, 0.1) is 13.8 Å². The van der Waals surface area contributed by atoms with Crippen molar-refractivity contribution in [1.29, 1.82) is 0 Å². The fourth-order valence-corrected chi connectivity index (χ4v) is 2.19. The second kappa shape index (κ2) is 5.83. The van der Waals surface area contributed by atoms with E-state index in [0.717, 1.165) is 11.3 Å². The molecule has 1 heterocycles. The van der Waals surface area contributed by atoms with Crippen molar-refractivity contribution in [2.24, 2.45) is 7.05 Å². The molecule has 0 spiro atoms. The van der Waals surface area contributed by atoms with Gasteiger partial charge in [0.2, 0.25) is 0 Å². The third-order valence-corrected chi connectivity index (χ3v) is 3.53. The number of aryl methyl sites for hydroxylation is 2. The molecule has 0 fully saturated rings. The number of rotatable bonds is 4. The Bertz CT molecular complexity index is 689. The van der Waals surface area contributed by atoms with Gasteiger partial charge < -0.3 is 15.0 Å². The number of aromatic nitrogens is 1. The Balaban J connectivity index is 2.27. The number of carboxylic acid groups (broad SMARTS) is 1. The van der Waals surface area contributed by atoms with Crippen LogP contribution in [0.4, 0.5) is 0 Å². The molecule has 2 rings (SSSR count). The van der Waals surface area contributed by atoms with Crippen LogP contribution in [0.5, 0.6) is 0 Å². The van der Waals surface area contributed by atoms with E-state index in [-0.39, 0.29) is 5.91 Å². The minimum absolute atomic E-state index is 0.387. The number of carbonyl (C=O) groups excluding carboxylic acids is 1. The zero-order valence-corrected chi connectivity index (χ0v) is 12.3. The predicted molar refractivity (Wildman–Crippen MR) is 79.2 cm³/mol. The van der Waals surface area contributed by atoms with Gasteiger partial charge in [0.05, 0.1) is 5.56 Å². The number of aliphatic carboxylic acids is 1. The highest BCUT2D eigenvalue weighted by molar-refractivity contribution is 5.97. The van der Waals surface area contributed by atoms with E-state index in [4.69, 9.17) is 0 Å². The molecule has 2 aromatic rings. The van der Waals surface area contributed by atoms with Crippen LogP contribution in [0.15, 0.2) is 36.5 Å². The highest BCUT2D eigenvalue weighted by Gasteiger charge is 2.23. The number of hydrogen-bond acceptors (Lipinski definition) is 2. The Morgan fingerprint density at radius 1 is 1.24 bits per heavy atom. The van der Waals surface area contributed by atoms with E-state index in [0.29, 0.717) is 11.1 Å². The Morgan fingerprint density at radius 3 is 2.48 bits per heavy atom. The van der Waals surface area contributed by atoms with Crippen molar-refractivity contribution in [1.82, 2.24) is 9.88 Å². The molecule has 2 N–H and O–H groups in total. The number of benzene rings is 1. The lowest BCUT2D eigenvalue weighted by Crippen LogP contribution is -2.34. The molecule has 1 aromatic heterocycles. The standard InChI is InChI=1S/C16H18N2O3/c1-10-5-4-6-12(9-10)14(16(20)21)17-15(19)13-7-8-18(3)11(13)2/h4-9,14H,1-3H3,(H,17,19)(H,20,21). The molecular weight excluding hydrogens is 268 g/mol. The molecule has 0 saturated heterocycles. The van der Waals surface area contributed by atoms with Crippen molar-refractivity contribution in [3.8, 4) is 0 Å². The summed E-state index contributed by atoms with van der Waals surface area (Å²) in [6, 6.07) is 7.74. The van der Waals surface area contributed by atoms with Crippen molar-refractivity contribution in [2.75, 3.05) is 0 Å². The summed E-state index contributed by atoms with van der Waals surface area (Å²) in [6.45, 7) is 3.70. The van der Waals surface area contributed by atoms with E-state index in [2.05, 4.69) is 5.32 Å². The topological polar surface area (TPSA) is 71.3 Å². The quantitative estimate of drug-likeness (QED) is 0.905. The molecule has 0 aliphatic carbocycles. The molecule has 0 radical (unpaired) electrons. The first kappa shape index (κ1) is 14.8. The van der Waals surface area contributed by atoms with Crippen LogP contribution in [-0.2, 0) is 11.8 Å². The summed E-state index contributed by atoms with van der Waals surface area (Å²) in [5.74, 6) is -1.47. The molecule has 5 nitrogen and oxygen atoms in total. The summed E-state index contributed by atoms with van der Waals surface area (Å²) in [6.07, 6.45) is 1.77. The molecule has 1 amide bonds. The van der Waals surface area contributed by atoms with Crippen LogP contribution in [0.1, 0.15) is 33.2 Å². The lowest BCUT2D eigenvalue weighted by atomic mass is 10.0. The fraction of sp³-hybridized carbons (Fsp3) is 0.250. The maximum atomic E-state index is 12.3. The number of carboxylic acids is 1. The van der Waals surface area contributed by atoms with Crippen LogP contribution < -0.4 is 5.32 Å². The van der Waals surface area contributed by atoms with E-state index in [1.165, 1.54) is 0 Å². The van der Waals surface area contributed by atoms with Gasteiger partial charge >= 0.3 is 5.97 Å². The van der Waals surface area contributed by atoms with Crippen molar-refractivity contribution >= 4 is 11.9 Å². The number of carbonyl (C=O) groups is 2. The fourth-order valence-electron chi connectivity index (χ4n) is 2.19. The van der Waals surface area contributed by atoms with E-state index in [1.54, 1.807) is 30.5 Å². The van der Waals surface area contributed by atoms with Gasteiger partial charge in [0, 0.05) is 18.9 Å². The van der Waals surface area contributed by atoms with Gasteiger partial charge in [-0.05, 0) is 25.5 Å². The van der Waals surface area contributed by atoms with Crippen LogP contribution in [0.25, 0.3) is 0 Å². The third-order valence-electron chi connectivity index (χ3n) is 3.53. The number of amides is 1. The number of hydrogen-bond donors (Lipinski definition) is 2. The largest absolute Gasteiger partial charge is 0.479 e. The van der Waals surface area contributed by atoms with E-state index >= 15 is 0 Å². The molecule has 0 aliphatic rings. The summed E-state index contributed by atoms with van der Waals surface area (Å²) in [5, 5.41) is 11.9. The maximum Gasteiger partial charge on any atom is 0.330 e. The van der Waals surface area contributed by atoms with E-state index in [1.807, 2.05) is 31.5 Å². The van der Waals surface area contributed by atoms with Crippen LogP contribution in [0.3, 0.4) is 0 Å². The van der Waals surface area contributed by atoms with E-state index < -0.39 is 12.0 Å². The average molecular weight is 286 g/mol. The Labute approximate surface area is 123 Å². The zero-order valence-electron chi connectivity index (χ0n) is 12.3. The normalized spacial score (nSPS) is 12.0. The van der Waals surface area contributed by atoms with Crippen molar-refractivity contribution in [2.45, 2.75) is 19.9 Å². The highest BCUT2D eigenvalue weighted by Crippen LogP contribution is 2.17. The molecule has 1 aromatic carbocycles. The molecule has 110 valence electrons. The maximum absolute atomic E-state index is 12.3. The third kappa shape index (κ3) is 3.13. The smallest absolute Gasteiger partial charge is 0.330 e. The van der Waals surface area contributed by atoms with Gasteiger partial charge in [0.25, 0.3) is 5.91 Å². The second-order valence-electron chi connectivity index (χ2n) is 5.08. The summed E-state index contributed by atoms with van der Waals surface area (Å²) in [5.41, 5.74) is 2.78. The predicted octanol–water partition coefficient (Wildman–Crippen LogP) is 2.20. The molecule has 5 heteroatoms. The van der Waals surface area contributed by atoms with Gasteiger partial charge in [-0.15, -0.1) is 0 Å². The molecule has 0 aliphatic heterocycles. The Hall–Kier alpha value is -2.56. The van der Waals surface area contributed by atoms with Crippen LogP contribution in [0.2, 0.25) is 0 Å². The SMILES string of the molecule is Cc1cccc(C(NC(=O)c2ccn(C)c2C)C(=O)O)c1. The van der Waals surface area contributed by atoms with Gasteiger partial charge in [-0.1, -0.05) is 29.8 Å². The van der Waals surface area contributed by atoms with Crippen LogP contribution in [-0.4, -0.2) is 21.6 Å². The van der Waals surface area contributed by atoms with Gasteiger partial charge in [0.15, 0.2) is 6.04 Å². The lowest BCUT2D eigenvalue weighted by Gasteiger charge is -2.15. The van der Waals surface area contributed by atoms with Crippen molar-refractivity contribution in [3.63, 3.8) is 0 Å². The highest BCUT2D eigenvalue weighted by atomic mass is 16.4. The summed E-state index contributed by atoms with van der Waals surface area (Å²) >= 11 is 0. The lowest BCUT2D eigenvalue weighted by molar-refractivity contribution is -0.139. The monoisotopic (exact) mass is 286 g/mol. The zero-order chi connectivity index (χ0) is 15.6. The first-order valence-corrected chi connectivity index (χ1v) is 6.62. The summed E-state index contributed by atoms with van der Waals surface area (Å²) in [4.78, 5) is 23.7. The van der Waals surface area contributed by atoms with Crippen molar-refractivity contribution in [3.05, 3.63) is 58.9 Å². The minimum Gasteiger partial charge on any atom is -0.479 e. The molecule has 1 atom stereocenters. The molecular formula is C16H18N2O3. The van der Waals surface area contributed by atoms with Crippen LogP contribution >= 0.6 is 0 Å². The van der Waals surface area contributed by atoms with E-state index in [9.17, 15) is 14.7 Å². The Morgan fingerprint density at radius 2 is 1.95 bits per heavy atom.